The van der Waals surface area contributed by atoms with E-state index >= 15 is 0 Å². The van der Waals surface area contributed by atoms with E-state index in [-0.39, 0.29) is 0 Å². The highest BCUT2D eigenvalue weighted by Crippen LogP contribution is 2.18. The maximum atomic E-state index is 5.52. The van der Waals surface area contributed by atoms with Crippen LogP contribution >= 0.6 is 0 Å². The highest BCUT2D eigenvalue weighted by molar-refractivity contribution is 5.07. The molecule has 1 aromatic rings. The quantitative estimate of drug-likeness (QED) is 0.765. The van der Waals surface area contributed by atoms with Crippen LogP contribution in [0.25, 0.3) is 0 Å². The Hall–Kier alpha value is -0.900. The van der Waals surface area contributed by atoms with Crippen LogP contribution in [0.4, 0.5) is 0 Å². The summed E-state index contributed by atoms with van der Waals surface area (Å²) in [6.07, 6.45) is 0. The predicted molar refractivity (Wildman–Crippen MR) is 52.2 cm³/mol. The van der Waals surface area contributed by atoms with Crippen molar-refractivity contribution in [3.8, 4) is 0 Å². The van der Waals surface area contributed by atoms with Crippen molar-refractivity contribution in [2.75, 3.05) is 0 Å². The average Bonchev–Trinajstić information content (AvgIpc) is 2.45. The van der Waals surface area contributed by atoms with Gasteiger partial charge in [-0.1, -0.05) is 19.1 Å². The minimum atomic E-state index is 0.382. The van der Waals surface area contributed by atoms with E-state index in [1.807, 2.05) is 11.6 Å². The Balaban J connectivity index is 2.95. The number of nitrogens with zero attached hydrogens (tertiary/aromatic N) is 3. The van der Waals surface area contributed by atoms with Crippen LogP contribution < -0.4 is 5.73 Å². The molecule has 2 N–H and O–H groups in total. The number of aromatic nitrogens is 3. The van der Waals surface area contributed by atoms with Crippen LogP contribution in [0.5, 0.6) is 0 Å². The van der Waals surface area contributed by atoms with Crippen molar-refractivity contribution >= 4 is 0 Å². The molecule has 0 saturated heterocycles. The first-order valence-corrected chi connectivity index (χ1v) is 4.68. The molecule has 0 aliphatic heterocycles. The highest BCUT2D eigenvalue weighted by Gasteiger charge is 2.15. The summed E-state index contributed by atoms with van der Waals surface area (Å²) in [5, 5.41) is 8.12. The zero-order valence-electron chi connectivity index (χ0n) is 8.78. The maximum absolute atomic E-state index is 5.52. The molecular formula is C9H18N4. The fraction of sp³-hybridized carbons (Fsp3) is 0.778. The second-order valence-electron chi connectivity index (χ2n) is 3.75. The Bertz CT molecular complexity index is 277. The molecule has 0 radical (unpaired) electrons. The van der Waals surface area contributed by atoms with Crippen molar-refractivity contribution in [3.05, 3.63) is 11.4 Å². The molecule has 13 heavy (non-hydrogen) atoms. The van der Waals surface area contributed by atoms with Crippen molar-refractivity contribution in [2.45, 2.75) is 40.3 Å². The van der Waals surface area contributed by atoms with Crippen LogP contribution in [0.1, 0.15) is 38.2 Å². The molecule has 74 valence electrons. The molecule has 0 aliphatic carbocycles. The molecule has 0 fully saturated rings. The van der Waals surface area contributed by atoms with Crippen molar-refractivity contribution < 1.29 is 0 Å². The van der Waals surface area contributed by atoms with Crippen LogP contribution in [-0.2, 0) is 6.54 Å². The number of hydrogen-bond donors (Lipinski definition) is 1. The lowest BCUT2D eigenvalue weighted by atomic mass is 10.1. The first kappa shape index (κ1) is 10.2. The zero-order valence-corrected chi connectivity index (χ0v) is 8.78. The average molecular weight is 182 g/mol. The molecule has 1 aromatic heterocycles. The Morgan fingerprint density at radius 1 is 1.38 bits per heavy atom. The summed E-state index contributed by atoms with van der Waals surface area (Å²) in [4.78, 5) is 0. The van der Waals surface area contributed by atoms with Gasteiger partial charge >= 0.3 is 0 Å². The first-order valence-electron chi connectivity index (χ1n) is 4.68. The molecule has 1 rings (SSSR count). The van der Waals surface area contributed by atoms with Crippen LogP contribution in [0.15, 0.2) is 0 Å². The lowest BCUT2D eigenvalue weighted by molar-refractivity contribution is 0.362. The summed E-state index contributed by atoms with van der Waals surface area (Å²) >= 11 is 0. The lowest BCUT2D eigenvalue weighted by Gasteiger charge is -2.16. The molecule has 0 saturated carbocycles. The Morgan fingerprint density at radius 2 is 2.00 bits per heavy atom. The Labute approximate surface area is 79.1 Å². The summed E-state index contributed by atoms with van der Waals surface area (Å²) in [7, 11) is 0. The van der Waals surface area contributed by atoms with E-state index in [2.05, 4.69) is 31.1 Å². The van der Waals surface area contributed by atoms with Crippen LogP contribution in [0, 0.1) is 12.8 Å². The van der Waals surface area contributed by atoms with Gasteiger partial charge in [-0.3, -0.25) is 0 Å². The van der Waals surface area contributed by atoms with Gasteiger partial charge in [0.15, 0.2) is 0 Å². The molecule has 1 heterocycles. The highest BCUT2D eigenvalue weighted by atomic mass is 15.4. The van der Waals surface area contributed by atoms with Crippen molar-refractivity contribution in [2.24, 2.45) is 11.7 Å². The largest absolute Gasteiger partial charge is 0.325 e. The summed E-state index contributed by atoms with van der Waals surface area (Å²) in [5.74, 6) is 0.561. The van der Waals surface area contributed by atoms with E-state index in [4.69, 9.17) is 5.73 Å². The molecule has 4 nitrogen and oxygen atoms in total. The molecule has 0 bridgehead atoms. The topological polar surface area (TPSA) is 56.7 Å². The fourth-order valence-corrected chi connectivity index (χ4v) is 1.23. The molecule has 0 spiro atoms. The van der Waals surface area contributed by atoms with E-state index in [0.29, 0.717) is 18.5 Å². The third-order valence-corrected chi connectivity index (χ3v) is 2.57. The third kappa shape index (κ3) is 1.88. The summed E-state index contributed by atoms with van der Waals surface area (Å²) < 4.78 is 1.95. The first-order chi connectivity index (χ1) is 6.07. The van der Waals surface area contributed by atoms with E-state index in [1.165, 1.54) is 0 Å². The van der Waals surface area contributed by atoms with Gasteiger partial charge in [-0.05, 0) is 19.8 Å². The molecule has 1 unspecified atom stereocenters. The minimum absolute atomic E-state index is 0.382. The van der Waals surface area contributed by atoms with Gasteiger partial charge in [0.2, 0.25) is 0 Å². The minimum Gasteiger partial charge on any atom is -0.325 e. The molecule has 0 aliphatic rings. The van der Waals surface area contributed by atoms with E-state index in [1.54, 1.807) is 0 Å². The van der Waals surface area contributed by atoms with Crippen molar-refractivity contribution in [3.63, 3.8) is 0 Å². The standard InChI is InChI=1S/C9H18N4/c1-6(2)7(3)13-8(4)9(5-10)11-12-13/h6-7H,5,10H2,1-4H3. The van der Waals surface area contributed by atoms with Gasteiger partial charge < -0.3 is 5.73 Å². The predicted octanol–water partition coefficient (Wildman–Crippen LogP) is 1.26. The van der Waals surface area contributed by atoms with Gasteiger partial charge in [0.1, 0.15) is 0 Å². The molecule has 1 atom stereocenters. The van der Waals surface area contributed by atoms with Gasteiger partial charge in [0.25, 0.3) is 0 Å². The van der Waals surface area contributed by atoms with Crippen LogP contribution in [0.3, 0.4) is 0 Å². The van der Waals surface area contributed by atoms with Gasteiger partial charge in [0.05, 0.1) is 17.4 Å². The van der Waals surface area contributed by atoms with Gasteiger partial charge in [0, 0.05) is 6.54 Å². The molecule has 4 heteroatoms. The second-order valence-corrected chi connectivity index (χ2v) is 3.75. The summed E-state index contributed by atoms with van der Waals surface area (Å²) in [6.45, 7) is 8.98. The Kier molecular flexibility index (Phi) is 3.03. The van der Waals surface area contributed by atoms with Gasteiger partial charge in [-0.15, -0.1) is 5.10 Å². The SMILES string of the molecule is Cc1c(CN)nnn1C(C)C(C)C. The molecule has 0 amide bonds. The van der Waals surface area contributed by atoms with E-state index in [9.17, 15) is 0 Å². The summed E-state index contributed by atoms with van der Waals surface area (Å²) in [6, 6.07) is 0.382. The summed E-state index contributed by atoms with van der Waals surface area (Å²) in [5.41, 5.74) is 7.51. The lowest BCUT2D eigenvalue weighted by Crippen LogP contribution is -2.14. The van der Waals surface area contributed by atoms with E-state index in [0.717, 1.165) is 11.4 Å². The third-order valence-electron chi connectivity index (χ3n) is 2.57. The van der Waals surface area contributed by atoms with E-state index < -0.39 is 0 Å². The number of hydrogen-bond acceptors (Lipinski definition) is 3. The zero-order chi connectivity index (χ0) is 10.0. The van der Waals surface area contributed by atoms with Crippen molar-refractivity contribution in [1.29, 1.82) is 0 Å². The fourth-order valence-electron chi connectivity index (χ4n) is 1.23. The number of nitrogens with two attached hydrogens (primary N) is 1. The normalized spacial score (nSPS) is 13.7. The second kappa shape index (κ2) is 3.87. The maximum Gasteiger partial charge on any atom is 0.0991 e. The van der Waals surface area contributed by atoms with Gasteiger partial charge in [-0.2, -0.15) is 0 Å². The van der Waals surface area contributed by atoms with Crippen LogP contribution in [-0.4, -0.2) is 15.0 Å². The Morgan fingerprint density at radius 3 is 2.38 bits per heavy atom. The van der Waals surface area contributed by atoms with Gasteiger partial charge in [-0.25, -0.2) is 4.68 Å². The van der Waals surface area contributed by atoms with Crippen LogP contribution in [0.2, 0.25) is 0 Å². The smallest absolute Gasteiger partial charge is 0.0991 e. The van der Waals surface area contributed by atoms with Crippen molar-refractivity contribution in [1.82, 2.24) is 15.0 Å². The molecule has 0 aromatic carbocycles. The molecular weight excluding hydrogens is 164 g/mol. The monoisotopic (exact) mass is 182 g/mol. The number of rotatable bonds is 3.